The third-order valence-corrected chi connectivity index (χ3v) is 4.03. The van der Waals surface area contributed by atoms with Crippen LogP contribution in [0.3, 0.4) is 0 Å². The summed E-state index contributed by atoms with van der Waals surface area (Å²) in [5, 5.41) is 1.08. The Morgan fingerprint density at radius 2 is 2.20 bits per heavy atom. The lowest BCUT2D eigenvalue weighted by Gasteiger charge is -2.07. The van der Waals surface area contributed by atoms with E-state index in [0.29, 0.717) is 16.7 Å². The topological polar surface area (TPSA) is 26.3 Å². The molecule has 1 aromatic rings. The summed E-state index contributed by atoms with van der Waals surface area (Å²) in [5.41, 5.74) is 0. The van der Waals surface area contributed by atoms with Gasteiger partial charge in [-0.05, 0) is 18.2 Å². The summed E-state index contributed by atoms with van der Waals surface area (Å²) in [4.78, 5) is 12.1. The van der Waals surface area contributed by atoms with Crippen molar-refractivity contribution in [1.82, 2.24) is 0 Å². The van der Waals surface area contributed by atoms with Gasteiger partial charge in [-0.1, -0.05) is 23.2 Å². The van der Waals surface area contributed by atoms with Crippen molar-refractivity contribution in [1.29, 1.82) is 0 Å². The molecule has 0 spiro atoms. The van der Waals surface area contributed by atoms with Crippen LogP contribution in [0.15, 0.2) is 23.1 Å². The second-order valence-corrected chi connectivity index (χ2v) is 5.23. The number of hydrogen-bond acceptors (Lipinski definition) is 3. The highest BCUT2D eigenvalue weighted by Crippen LogP contribution is 2.35. The number of esters is 1. The average Bonchev–Trinajstić information content (AvgIpc) is 2.58. The molecule has 0 aromatic heterocycles. The molecule has 80 valence electrons. The van der Waals surface area contributed by atoms with Crippen LogP contribution in [0.2, 0.25) is 10.0 Å². The molecule has 1 atom stereocenters. The lowest BCUT2D eigenvalue weighted by molar-refractivity contribution is -0.137. The fourth-order valence-electron chi connectivity index (χ4n) is 1.31. The molecule has 2 rings (SSSR count). The Bertz CT molecular complexity index is 395. The van der Waals surface area contributed by atoms with E-state index in [1.807, 2.05) is 0 Å². The fourth-order valence-corrected chi connectivity index (χ4v) is 2.85. The van der Waals surface area contributed by atoms with Crippen molar-refractivity contribution in [3.05, 3.63) is 28.2 Å². The number of carbonyl (C=O) groups is 1. The highest BCUT2D eigenvalue weighted by Gasteiger charge is 2.28. The minimum atomic E-state index is -0.170. The molecule has 1 aromatic carbocycles. The zero-order valence-corrected chi connectivity index (χ0v) is 10.0. The first kappa shape index (κ1) is 11.1. The Morgan fingerprint density at radius 1 is 1.40 bits per heavy atom. The molecule has 1 aliphatic rings. The molecule has 0 aliphatic carbocycles. The van der Waals surface area contributed by atoms with Crippen LogP contribution in [-0.2, 0) is 9.53 Å². The van der Waals surface area contributed by atoms with E-state index in [9.17, 15) is 4.79 Å². The monoisotopic (exact) mass is 262 g/mol. The van der Waals surface area contributed by atoms with Gasteiger partial charge in [-0.15, -0.1) is 11.8 Å². The highest BCUT2D eigenvalue weighted by atomic mass is 35.5. The van der Waals surface area contributed by atoms with Crippen molar-refractivity contribution in [3.63, 3.8) is 0 Å². The number of benzene rings is 1. The number of hydrogen-bond donors (Lipinski definition) is 0. The summed E-state index contributed by atoms with van der Waals surface area (Å²) < 4.78 is 4.87. The molecule has 0 radical (unpaired) electrons. The Balaban J connectivity index is 2.16. The number of ether oxygens (including phenoxy) is 1. The van der Waals surface area contributed by atoms with Crippen LogP contribution >= 0.6 is 35.0 Å². The van der Waals surface area contributed by atoms with Gasteiger partial charge < -0.3 is 4.74 Å². The molecule has 0 saturated carbocycles. The van der Waals surface area contributed by atoms with Gasteiger partial charge >= 0.3 is 5.97 Å². The minimum Gasteiger partial charge on any atom is -0.465 e. The molecule has 0 N–H and O–H groups in total. The van der Waals surface area contributed by atoms with Crippen molar-refractivity contribution in [2.75, 3.05) is 6.61 Å². The summed E-state index contributed by atoms with van der Waals surface area (Å²) in [6.07, 6.45) is 0.729. The van der Waals surface area contributed by atoms with Crippen molar-refractivity contribution in [2.45, 2.75) is 16.6 Å². The second-order valence-electron chi connectivity index (χ2n) is 3.14. The molecule has 0 bridgehead atoms. The summed E-state index contributed by atoms with van der Waals surface area (Å²) >= 11 is 13.3. The zero-order chi connectivity index (χ0) is 10.8. The first-order valence-corrected chi connectivity index (χ1v) is 6.09. The quantitative estimate of drug-likeness (QED) is 0.765. The number of rotatable bonds is 2. The van der Waals surface area contributed by atoms with Crippen LogP contribution in [0.5, 0.6) is 0 Å². The Morgan fingerprint density at radius 3 is 2.87 bits per heavy atom. The van der Waals surface area contributed by atoms with E-state index in [1.54, 1.807) is 18.2 Å². The van der Waals surface area contributed by atoms with Crippen molar-refractivity contribution < 1.29 is 9.53 Å². The zero-order valence-electron chi connectivity index (χ0n) is 7.70. The molecule has 2 nitrogen and oxygen atoms in total. The number of carbonyl (C=O) groups excluding carboxylic acids is 1. The van der Waals surface area contributed by atoms with Gasteiger partial charge in [0.25, 0.3) is 0 Å². The third kappa shape index (κ3) is 2.60. The third-order valence-electron chi connectivity index (χ3n) is 2.05. The van der Waals surface area contributed by atoms with E-state index < -0.39 is 0 Å². The van der Waals surface area contributed by atoms with Crippen LogP contribution in [0.1, 0.15) is 6.42 Å². The van der Waals surface area contributed by atoms with Gasteiger partial charge in [-0.2, -0.15) is 0 Å². The first-order valence-electron chi connectivity index (χ1n) is 4.45. The summed E-state index contributed by atoms with van der Waals surface area (Å²) in [5.74, 6) is -0.170. The number of halogens is 2. The van der Waals surface area contributed by atoms with E-state index in [1.165, 1.54) is 11.8 Å². The molecule has 15 heavy (non-hydrogen) atoms. The van der Waals surface area contributed by atoms with Gasteiger partial charge in [0.2, 0.25) is 0 Å². The summed E-state index contributed by atoms with van der Waals surface area (Å²) in [6, 6.07) is 5.22. The fraction of sp³-hybridized carbons (Fsp3) is 0.300. The maximum absolute atomic E-state index is 11.3. The maximum Gasteiger partial charge on any atom is 0.319 e. The van der Waals surface area contributed by atoms with Crippen LogP contribution in [-0.4, -0.2) is 17.8 Å². The standard InChI is InChI=1S/C10H8Cl2O2S/c11-6-1-2-7(12)9(5-6)15-8-3-4-14-10(8)13/h1-2,5,8H,3-4H2/t8-/m0/s1. The second kappa shape index (κ2) is 4.64. The molecule has 1 saturated heterocycles. The van der Waals surface area contributed by atoms with E-state index >= 15 is 0 Å². The molecule has 0 unspecified atom stereocenters. The van der Waals surface area contributed by atoms with Crippen LogP contribution < -0.4 is 0 Å². The maximum atomic E-state index is 11.3. The lowest BCUT2D eigenvalue weighted by Crippen LogP contribution is -2.09. The van der Waals surface area contributed by atoms with Gasteiger partial charge in [-0.3, -0.25) is 4.79 Å². The molecule has 1 fully saturated rings. The first-order chi connectivity index (χ1) is 7.16. The van der Waals surface area contributed by atoms with E-state index in [4.69, 9.17) is 27.9 Å². The number of thioether (sulfide) groups is 1. The average molecular weight is 263 g/mol. The van der Waals surface area contributed by atoms with Gasteiger partial charge in [0.05, 0.1) is 11.6 Å². The molecular formula is C10H8Cl2O2S. The van der Waals surface area contributed by atoms with E-state index in [2.05, 4.69) is 0 Å². The summed E-state index contributed by atoms with van der Waals surface area (Å²) in [7, 11) is 0. The minimum absolute atomic E-state index is 0.152. The molecule has 1 aliphatic heterocycles. The van der Waals surface area contributed by atoms with E-state index in [0.717, 1.165) is 11.3 Å². The smallest absolute Gasteiger partial charge is 0.319 e. The largest absolute Gasteiger partial charge is 0.465 e. The Labute approximate surface area is 102 Å². The van der Waals surface area contributed by atoms with Crippen LogP contribution in [0, 0.1) is 0 Å². The van der Waals surface area contributed by atoms with Crippen molar-refractivity contribution >= 4 is 40.9 Å². The van der Waals surface area contributed by atoms with Crippen molar-refractivity contribution in [2.24, 2.45) is 0 Å². The predicted molar refractivity (Wildman–Crippen MR) is 61.7 cm³/mol. The normalized spacial score (nSPS) is 20.4. The molecule has 1 heterocycles. The Kier molecular flexibility index (Phi) is 3.44. The summed E-state index contributed by atoms with van der Waals surface area (Å²) in [6.45, 7) is 0.495. The van der Waals surface area contributed by atoms with E-state index in [-0.39, 0.29) is 11.2 Å². The predicted octanol–water partition coefficient (Wildman–Crippen LogP) is 3.40. The molecule has 5 heteroatoms. The lowest BCUT2D eigenvalue weighted by atomic mass is 10.3. The van der Waals surface area contributed by atoms with Gasteiger partial charge in [-0.25, -0.2) is 0 Å². The van der Waals surface area contributed by atoms with Crippen LogP contribution in [0.4, 0.5) is 0 Å². The van der Waals surface area contributed by atoms with Crippen molar-refractivity contribution in [3.8, 4) is 0 Å². The number of cyclic esters (lactones) is 1. The van der Waals surface area contributed by atoms with Crippen LogP contribution in [0.25, 0.3) is 0 Å². The Hall–Kier alpha value is -0.380. The van der Waals surface area contributed by atoms with Gasteiger partial charge in [0.1, 0.15) is 5.25 Å². The molecule has 0 amide bonds. The highest BCUT2D eigenvalue weighted by molar-refractivity contribution is 8.00. The SMILES string of the molecule is O=C1OCC[C@@H]1Sc1cc(Cl)ccc1Cl. The van der Waals surface area contributed by atoms with Gasteiger partial charge in [0, 0.05) is 16.3 Å². The molecular weight excluding hydrogens is 255 g/mol. The van der Waals surface area contributed by atoms with Gasteiger partial charge in [0.15, 0.2) is 0 Å².